The minimum Gasteiger partial charge on any atom is -0.432 e. The lowest BCUT2D eigenvalue weighted by molar-refractivity contribution is 0.169. The number of nitrogens with zero attached hydrogens (tertiary/aromatic N) is 2. The smallest absolute Gasteiger partial charge is 0.230 e. The third-order valence-corrected chi connectivity index (χ3v) is 5.08. The molecule has 1 fully saturated rings. The van der Waals surface area contributed by atoms with Crippen molar-refractivity contribution in [2.24, 2.45) is 16.3 Å². The summed E-state index contributed by atoms with van der Waals surface area (Å²) >= 11 is 0. The third kappa shape index (κ3) is 4.72. The number of aromatic nitrogens is 1. The van der Waals surface area contributed by atoms with Crippen LogP contribution in [-0.4, -0.2) is 22.1 Å². The molecule has 9 heteroatoms. The highest BCUT2D eigenvalue weighted by molar-refractivity contribution is 6.00. The number of nitrogens with one attached hydrogen (secondary N) is 1. The van der Waals surface area contributed by atoms with Gasteiger partial charge in [0, 0.05) is 12.3 Å². The molecule has 2 aromatic rings. The molecule has 1 heterocycles. The van der Waals surface area contributed by atoms with E-state index in [4.69, 9.17) is 4.74 Å². The van der Waals surface area contributed by atoms with Crippen molar-refractivity contribution in [3.8, 4) is 11.6 Å². The van der Waals surface area contributed by atoms with Gasteiger partial charge in [0.25, 0.3) is 0 Å². The number of benzene rings is 1. The molecule has 5 nitrogen and oxygen atoms in total. The Kier molecular flexibility index (Phi) is 6.30. The van der Waals surface area contributed by atoms with Crippen molar-refractivity contribution in [3.05, 3.63) is 53.2 Å². The van der Waals surface area contributed by atoms with Gasteiger partial charge in [-0.1, -0.05) is 20.8 Å². The number of hydrogen-bond acceptors (Lipinski definition) is 4. The molecule has 0 spiro atoms. The van der Waals surface area contributed by atoms with Crippen molar-refractivity contribution in [2.45, 2.75) is 46.1 Å². The van der Waals surface area contributed by atoms with E-state index in [-0.39, 0.29) is 34.8 Å². The lowest BCUT2D eigenvalue weighted by Gasteiger charge is -2.37. The Morgan fingerprint density at radius 3 is 2.47 bits per heavy atom. The zero-order valence-electron chi connectivity index (χ0n) is 16.8. The minimum atomic E-state index is -1.69. The predicted octanol–water partition coefficient (Wildman–Crippen LogP) is 5.37. The van der Waals surface area contributed by atoms with Gasteiger partial charge in [-0.25, -0.2) is 13.8 Å². The fraction of sp³-hybridized carbons (Fsp3) is 0.429. The quantitative estimate of drug-likeness (QED) is 0.227. The molecule has 2 unspecified atom stereocenters. The third-order valence-electron chi connectivity index (χ3n) is 5.08. The topological polar surface area (TPSA) is 66.7 Å². The van der Waals surface area contributed by atoms with Crippen LogP contribution in [0.1, 0.15) is 45.6 Å². The van der Waals surface area contributed by atoms with Gasteiger partial charge in [-0.05, 0) is 42.7 Å². The Bertz CT molecular complexity index is 939. The fourth-order valence-corrected chi connectivity index (χ4v) is 4.13. The maximum atomic E-state index is 14.0. The number of ether oxygens (including phenoxy) is 1. The summed E-state index contributed by atoms with van der Waals surface area (Å²) in [5.41, 5.74) is 2.12. The molecule has 0 saturated heterocycles. The van der Waals surface area contributed by atoms with Crippen LogP contribution in [0.25, 0.3) is 0 Å². The van der Waals surface area contributed by atoms with Gasteiger partial charge >= 0.3 is 0 Å². The molecule has 1 aliphatic rings. The van der Waals surface area contributed by atoms with E-state index in [1.54, 1.807) is 0 Å². The Labute approximate surface area is 171 Å². The van der Waals surface area contributed by atoms with E-state index in [1.165, 1.54) is 18.3 Å². The van der Waals surface area contributed by atoms with Crippen LogP contribution in [-0.2, 0) is 0 Å². The Morgan fingerprint density at radius 2 is 1.87 bits per heavy atom. The second-order valence-electron chi connectivity index (χ2n) is 8.41. The molecule has 2 atom stereocenters. The zero-order chi connectivity index (χ0) is 22.1. The van der Waals surface area contributed by atoms with Crippen LogP contribution in [0, 0.1) is 34.6 Å². The van der Waals surface area contributed by atoms with Gasteiger partial charge in [0.05, 0.1) is 11.6 Å². The molecule has 162 valence electrons. The average molecular weight is 425 g/mol. The molecule has 1 aromatic carbocycles. The summed E-state index contributed by atoms with van der Waals surface area (Å²) in [6, 6.07) is 2.92. The maximum Gasteiger partial charge on any atom is 0.230 e. The van der Waals surface area contributed by atoms with Crippen LogP contribution in [0.5, 0.6) is 11.6 Å². The van der Waals surface area contributed by atoms with Crippen LogP contribution < -0.4 is 10.2 Å². The molecule has 1 aromatic heterocycles. The molecule has 30 heavy (non-hydrogen) atoms. The zero-order valence-corrected chi connectivity index (χ0v) is 16.8. The van der Waals surface area contributed by atoms with E-state index < -0.39 is 29.0 Å². The normalized spacial score (nSPS) is 21.4. The second kappa shape index (κ2) is 8.59. The Hall–Kier alpha value is -2.68. The summed E-state index contributed by atoms with van der Waals surface area (Å²) in [4.78, 5) is 8.44. The molecule has 2 N–H and O–H groups in total. The number of halogens is 4. The van der Waals surface area contributed by atoms with Crippen LogP contribution >= 0.6 is 0 Å². The lowest BCUT2D eigenvalue weighted by atomic mass is 9.71. The molecule has 3 rings (SSSR count). The number of hydrogen-bond donors (Lipinski definition) is 2. The van der Waals surface area contributed by atoms with Gasteiger partial charge in [0.1, 0.15) is 0 Å². The van der Waals surface area contributed by atoms with E-state index in [1.807, 2.05) is 5.48 Å². The average Bonchev–Trinajstić information content (AvgIpc) is 2.67. The van der Waals surface area contributed by atoms with Gasteiger partial charge in [0.2, 0.25) is 23.3 Å². The summed E-state index contributed by atoms with van der Waals surface area (Å²) in [5.74, 6) is -7.83. The summed E-state index contributed by atoms with van der Waals surface area (Å²) < 4.78 is 60.1. The first-order chi connectivity index (χ1) is 14.1. The van der Waals surface area contributed by atoms with Crippen LogP contribution in [0.4, 0.5) is 17.6 Å². The first kappa shape index (κ1) is 22.0. The highest BCUT2D eigenvalue weighted by Gasteiger charge is 2.32. The molecule has 1 saturated carbocycles. The fourth-order valence-electron chi connectivity index (χ4n) is 4.13. The van der Waals surface area contributed by atoms with E-state index in [9.17, 15) is 22.8 Å². The molecule has 0 radical (unpaired) electrons. The largest absolute Gasteiger partial charge is 0.432 e. The van der Waals surface area contributed by atoms with Gasteiger partial charge in [-0.2, -0.15) is 8.78 Å². The molecule has 0 amide bonds. The summed E-state index contributed by atoms with van der Waals surface area (Å²) in [6.07, 6.45) is 3.89. The molecule has 0 bridgehead atoms. The minimum absolute atomic E-state index is 0.0225. The van der Waals surface area contributed by atoms with Crippen molar-refractivity contribution in [1.29, 1.82) is 0 Å². The van der Waals surface area contributed by atoms with Gasteiger partial charge in [0.15, 0.2) is 17.5 Å². The first-order valence-corrected chi connectivity index (χ1v) is 9.55. The Balaban J connectivity index is 1.98. The van der Waals surface area contributed by atoms with Crippen LogP contribution in [0.3, 0.4) is 0 Å². The predicted molar refractivity (Wildman–Crippen MR) is 103 cm³/mol. The monoisotopic (exact) mass is 425 g/mol. The number of hydroxylamine groups is 1. The highest BCUT2D eigenvalue weighted by atomic mass is 19.2. The second-order valence-corrected chi connectivity index (χ2v) is 8.41. The van der Waals surface area contributed by atoms with E-state index in [0.29, 0.717) is 5.92 Å². The number of amidine groups is 1. The van der Waals surface area contributed by atoms with Crippen molar-refractivity contribution >= 4 is 5.84 Å². The molecular weight excluding hydrogens is 402 g/mol. The van der Waals surface area contributed by atoms with Crippen LogP contribution in [0.2, 0.25) is 0 Å². The number of aliphatic imine (C=N–C) groups is 1. The van der Waals surface area contributed by atoms with Crippen molar-refractivity contribution < 1.29 is 27.5 Å². The van der Waals surface area contributed by atoms with E-state index in [2.05, 4.69) is 30.7 Å². The van der Waals surface area contributed by atoms with Gasteiger partial charge in [-0.3, -0.25) is 15.7 Å². The standard InChI is InChI=1S/C21H23F4N3O2/c1-11-7-12(10-21(2,3)9-11)27-19(28-29)13-5-4-6-26-20(13)30-18-16(24)14(22)8-15(23)17(18)25/h4-6,8,11-12,29H,7,9-10H2,1-3H3,(H,27,28). The first-order valence-electron chi connectivity index (χ1n) is 9.55. The summed E-state index contributed by atoms with van der Waals surface area (Å²) in [5, 5.41) is 9.66. The van der Waals surface area contributed by atoms with Crippen LogP contribution in [0.15, 0.2) is 29.4 Å². The Morgan fingerprint density at radius 1 is 1.20 bits per heavy atom. The van der Waals surface area contributed by atoms with Crippen molar-refractivity contribution in [3.63, 3.8) is 0 Å². The van der Waals surface area contributed by atoms with Crippen molar-refractivity contribution in [2.75, 3.05) is 0 Å². The highest BCUT2D eigenvalue weighted by Crippen LogP contribution is 2.40. The SMILES string of the molecule is CC1CC(N=C(NO)c2cccnc2Oc2c(F)c(F)cc(F)c2F)CC(C)(C)C1. The maximum absolute atomic E-state index is 14.0. The summed E-state index contributed by atoms with van der Waals surface area (Å²) in [7, 11) is 0. The van der Waals surface area contributed by atoms with Gasteiger partial charge in [-0.15, -0.1) is 0 Å². The van der Waals surface area contributed by atoms with Crippen molar-refractivity contribution in [1.82, 2.24) is 10.5 Å². The molecular formula is C21H23F4N3O2. The lowest BCUT2D eigenvalue weighted by Crippen LogP contribution is -2.32. The van der Waals surface area contributed by atoms with Gasteiger partial charge < -0.3 is 4.74 Å². The van der Waals surface area contributed by atoms with E-state index >= 15 is 0 Å². The molecule has 1 aliphatic carbocycles. The number of rotatable bonds is 4. The number of pyridine rings is 1. The summed E-state index contributed by atoms with van der Waals surface area (Å²) in [6.45, 7) is 6.40. The molecule has 0 aliphatic heterocycles. The van der Waals surface area contributed by atoms with E-state index in [0.717, 1.165) is 19.3 Å².